The summed E-state index contributed by atoms with van der Waals surface area (Å²) in [4.78, 5) is 96.3. The van der Waals surface area contributed by atoms with Gasteiger partial charge in [-0.05, 0) is 75.8 Å². The molecule has 2 aromatic carbocycles. The molecule has 5 rings (SSSR count). The van der Waals surface area contributed by atoms with Crippen LogP contribution in [0.15, 0.2) is 60.2 Å². The molecule has 2 fully saturated rings. The Kier molecular flexibility index (Phi) is 18.6. The molecular weight excluding hydrogens is 944 g/mol. The van der Waals surface area contributed by atoms with Crippen LogP contribution >= 0.6 is 11.6 Å². The first-order valence-electron chi connectivity index (χ1n) is 23.3. The number of fused-ring (bicyclic) bond motifs is 5. The van der Waals surface area contributed by atoms with Crippen molar-refractivity contribution in [3.8, 4) is 5.75 Å². The molecule has 0 spiro atoms. The van der Waals surface area contributed by atoms with E-state index in [1.54, 1.807) is 57.2 Å². The SMILES string of the molecule is COc1cc2cc(c1Cl)N(C)C(=O)C[C@H](OC(=O)[C@H](C)N(C)C(=O)c1ccccc1NC(=O)[C@H](CCCNC(N)=O)NC(=O)[C@@H](N)C(C)C)[C@]1(C)OC1C[C@@H]1C[C@@](O)(NC(=O)O1)[C@H](OC)/C=C/C=C(\C)C2. The molecule has 1 unspecified atom stereocenters. The number of primary amides is 1. The Bertz CT molecular complexity index is 2400. The van der Waals surface area contributed by atoms with Crippen molar-refractivity contribution in [3.63, 3.8) is 0 Å². The second-order valence-corrected chi connectivity index (χ2v) is 19.0. The van der Waals surface area contributed by atoms with Crippen LogP contribution in [0.4, 0.5) is 21.0 Å². The van der Waals surface area contributed by atoms with E-state index in [2.05, 4.69) is 21.3 Å². The van der Waals surface area contributed by atoms with Crippen LogP contribution in [0.2, 0.25) is 5.02 Å². The largest absolute Gasteiger partial charge is 0.495 e. The Morgan fingerprint density at radius 3 is 2.46 bits per heavy atom. The van der Waals surface area contributed by atoms with E-state index in [9.17, 15) is 38.7 Å². The lowest BCUT2D eigenvalue weighted by molar-refractivity contribution is -0.158. The summed E-state index contributed by atoms with van der Waals surface area (Å²) < 4.78 is 29.2. The minimum atomic E-state index is -1.89. The number of likely N-dealkylation sites (N-methyl/N-ethyl adjacent to an activating group) is 1. The predicted octanol–water partition coefficient (Wildman–Crippen LogP) is 3.44. The molecule has 2 aromatic rings. The van der Waals surface area contributed by atoms with Crippen LogP contribution in [-0.4, -0.2) is 140 Å². The number of methoxy groups -OCH3 is 2. The minimum absolute atomic E-state index is 0.00785. The Hall–Kier alpha value is -6.26. The Morgan fingerprint density at radius 2 is 1.80 bits per heavy atom. The summed E-state index contributed by atoms with van der Waals surface area (Å²) in [5, 5.41) is 22.2. The number of hydrogen-bond donors (Lipinski definition) is 7. The van der Waals surface area contributed by atoms with E-state index in [4.69, 9.17) is 46.8 Å². The van der Waals surface area contributed by atoms with Gasteiger partial charge in [0, 0.05) is 40.6 Å². The number of ether oxygens (including phenoxy) is 5. The average Bonchev–Trinajstić information content (AvgIpc) is 3.98. The van der Waals surface area contributed by atoms with E-state index in [0.717, 1.165) is 16.0 Å². The van der Waals surface area contributed by atoms with Gasteiger partial charge in [-0.2, -0.15) is 0 Å². The van der Waals surface area contributed by atoms with Crippen LogP contribution in [0.1, 0.15) is 82.6 Å². The van der Waals surface area contributed by atoms with Crippen LogP contribution in [0, 0.1) is 5.92 Å². The molecule has 9 N–H and O–H groups in total. The summed E-state index contributed by atoms with van der Waals surface area (Å²) in [5.41, 5.74) is 10.0. The van der Waals surface area contributed by atoms with Gasteiger partial charge in [-0.15, -0.1) is 0 Å². The lowest BCUT2D eigenvalue weighted by atomic mass is 9.90. The van der Waals surface area contributed by atoms with Crippen molar-refractivity contribution in [3.05, 3.63) is 76.3 Å². The smallest absolute Gasteiger partial charge is 0.409 e. The molecular formula is C49H67ClN8O13. The Labute approximate surface area is 418 Å². The maximum Gasteiger partial charge on any atom is 0.409 e. The number of benzene rings is 2. The first kappa shape index (κ1) is 55.7. The highest BCUT2D eigenvalue weighted by Gasteiger charge is 2.62. The molecule has 21 nitrogen and oxygen atoms in total. The van der Waals surface area contributed by atoms with Gasteiger partial charge in [0.25, 0.3) is 5.91 Å². The van der Waals surface area contributed by atoms with Gasteiger partial charge in [0.2, 0.25) is 17.7 Å². The van der Waals surface area contributed by atoms with Crippen molar-refractivity contribution in [1.29, 1.82) is 0 Å². The molecule has 388 valence electrons. The maximum atomic E-state index is 14.4. The highest BCUT2D eigenvalue weighted by Crippen LogP contribution is 2.47. The van der Waals surface area contributed by atoms with Crippen LogP contribution < -0.4 is 42.4 Å². The number of hydrogen-bond acceptors (Lipinski definition) is 14. The van der Waals surface area contributed by atoms with Crippen LogP contribution in [0.5, 0.6) is 5.75 Å². The molecule has 9 atom stereocenters. The number of anilines is 2. The summed E-state index contributed by atoms with van der Waals surface area (Å²) >= 11 is 6.81. The number of alkyl carbamates (subject to hydrolysis) is 1. The molecule has 0 saturated carbocycles. The fraction of sp³-hybridized carbons (Fsp3) is 0.531. The molecule has 0 radical (unpaired) electrons. The number of epoxide rings is 1. The van der Waals surface area contributed by atoms with Crippen molar-refractivity contribution < 1.29 is 62.4 Å². The number of carbonyl (C=O) groups is 7. The summed E-state index contributed by atoms with van der Waals surface area (Å²) in [6.07, 6.45) is 0.538. The van der Waals surface area contributed by atoms with E-state index in [1.807, 2.05) is 13.0 Å². The number of nitrogens with zero attached hydrogens (tertiary/aromatic N) is 2. The summed E-state index contributed by atoms with van der Waals surface area (Å²) in [6.45, 7) is 8.60. The molecule has 0 aromatic heterocycles. The lowest BCUT2D eigenvalue weighted by Gasteiger charge is -2.40. The van der Waals surface area contributed by atoms with Gasteiger partial charge in [-0.1, -0.05) is 61.4 Å². The second kappa shape index (κ2) is 23.8. The lowest BCUT2D eigenvalue weighted by Crippen LogP contribution is -2.62. The molecule has 22 heteroatoms. The molecule has 4 bridgehead atoms. The standard InChI is InChI=1S/C49H67ClN8O13/c1-26(2)41(51)43(61)55-33(17-13-19-53-46(52)64)42(60)54-32-16-11-10-15-31(32)44(62)57(6)28(4)45(63)70-37-24-39(59)58(7)34-21-29(22-35(67-8)40(34)50)20-27(3)14-12-18-36(68-9)49(66)25-30(69-47(65)56-49)23-38-48(37,5)71-38/h10-12,14-16,18,21-22,26,28,30,33,36-38,41,66H,13,17,19-20,23-25,51H2,1-9H3,(H,54,60)(H,55,61)(H,56,65)(H3,52,53,64)/b18-12+,27-14+/t28-,30+,33-,36+,37-,38?,41-,48-,49-/m0/s1. The Morgan fingerprint density at radius 1 is 1.10 bits per heavy atom. The highest BCUT2D eigenvalue weighted by molar-refractivity contribution is 6.35. The van der Waals surface area contributed by atoms with E-state index >= 15 is 0 Å². The third kappa shape index (κ3) is 13.8. The van der Waals surface area contributed by atoms with Gasteiger partial charge >= 0.3 is 18.1 Å². The van der Waals surface area contributed by atoms with E-state index in [-0.39, 0.29) is 54.4 Å². The van der Waals surface area contributed by atoms with E-state index < -0.39 is 102 Å². The Balaban J connectivity index is 1.42. The molecule has 7 amide bonds. The number of urea groups is 1. The van der Waals surface area contributed by atoms with E-state index in [0.29, 0.717) is 17.9 Å². The fourth-order valence-corrected chi connectivity index (χ4v) is 8.68. The van der Waals surface area contributed by atoms with Gasteiger partial charge < -0.3 is 66.0 Å². The number of aliphatic hydroxyl groups is 1. The number of nitrogens with one attached hydrogen (secondary N) is 4. The fourth-order valence-electron chi connectivity index (χ4n) is 8.37. The number of allylic oxidation sites excluding steroid dienone is 3. The number of halogens is 1. The third-order valence-corrected chi connectivity index (χ3v) is 13.4. The quantitative estimate of drug-likeness (QED) is 0.0765. The zero-order chi connectivity index (χ0) is 52.5. The number of amides is 7. The van der Waals surface area contributed by atoms with Crippen LogP contribution in [0.25, 0.3) is 0 Å². The van der Waals surface area contributed by atoms with Crippen molar-refractivity contribution >= 4 is 64.7 Å². The van der Waals surface area contributed by atoms with Gasteiger partial charge in [-0.3, -0.25) is 24.5 Å². The molecule has 2 saturated heterocycles. The third-order valence-electron chi connectivity index (χ3n) is 13.0. The first-order chi connectivity index (χ1) is 33.4. The van der Waals surface area contributed by atoms with Crippen LogP contribution in [-0.2, 0) is 44.5 Å². The van der Waals surface area contributed by atoms with Crippen molar-refractivity contribution in [2.24, 2.45) is 17.4 Å². The zero-order valence-electron chi connectivity index (χ0n) is 41.5. The summed E-state index contributed by atoms with van der Waals surface area (Å²) in [7, 11) is 5.74. The van der Waals surface area contributed by atoms with E-state index in [1.165, 1.54) is 52.3 Å². The second-order valence-electron chi connectivity index (χ2n) is 18.6. The number of para-hydroxylation sites is 1. The van der Waals surface area contributed by atoms with Gasteiger partial charge in [-0.25, -0.2) is 14.4 Å². The average molecular weight is 1010 g/mol. The predicted molar refractivity (Wildman–Crippen MR) is 262 cm³/mol. The summed E-state index contributed by atoms with van der Waals surface area (Å²) in [6, 6.07) is 5.49. The number of esters is 1. The highest BCUT2D eigenvalue weighted by atomic mass is 35.5. The molecule has 71 heavy (non-hydrogen) atoms. The molecule has 3 aliphatic heterocycles. The monoisotopic (exact) mass is 1010 g/mol. The molecule has 0 aliphatic carbocycles. The van der Waals surface area contributed by atoms with Gasteiger partial charge in [0.05, 0.1) is 42.6 Å². The van der Waals surface area contributed by atoms with Crippen molar-refractivity contribution in [2.45, 2.75) is 127 Å². The molecule has 3 heterocycles. The number of rotatable bonds is 15. The van der Waals surface area contributed by atoms with Crippen molar-refractivity contribution in [2.75, 3.05) is 45.1 Å². The van der Waals surface area contributed by atoms with Gasteiger partial charge in [0.15, 0.2) is 5.72 Å². The normalized spacial score (nSPS) is 25.9. The minimum Gasteiger partial charge on any atom is -0.495 e. The van der Waals surface area contributed by atoms with Crippen LogP contribution in [0.3, 0.4) is 0 Å². The van der Waals surface area contributed by atoms with Crippen molar-refractivity contribution in [1.82, 2.24) is 20.9 Å². The number of nitrogens with two attached hydrogens (primary N) is 2. The zero-order valence-corrected chi connectivity index (χ0v) is 42.3. The van der Waals surface area contributed by atoms with Gasteiger partial charge in [0.1, 0.15) is 46.8 Å². The first-order valence-corrected chi connectivity index (χ1v) is 23.7. The number of carbonyl (C=O) groups excluding carboxylic acids is 7. The maximum absolute atomic E-state index is 14.4. The molecule has 3 aliphatic rings. The topological polar surface area (TPSA) is 296 Å². The summed E-state index contributed by atoms with van der Waals surface area (Å²) in [5.74, 6) is -3.31.